The average Bonchev–Trinajstić information content (AvgIpc) is 3.39. The van der Waals surface area contributed by atoms with E-state index in [-0.39, 0.29) is 25.7 Å². The van der Waals surface area contributed by atoms with Crippen molar-refractivity contribution in [1.82, 2.24) is 0 Å². The molecule has 19 heteroatoms. The Kier molecular flexibility index (Phi) is 50.8. The van der Waals surface area contributed by atoms with Gasteiger partial charge in [0.2, 0.25) is 0 Å². The maximum absolute atomic E-state index is 12.9. The summed E-state index contributed by atoms with van der Waals surface area (Å²) in [5, 5.41) is 10.5. The van der Waals surface area contributed by atoms with E-state index >= 15 is 0 Å². The van der Waals surface area contributed by atoms with Gasteiger partial charge in [-0.25, -0.2) is 9.13 Å². The van der Waals surface area contributed by atoms with Crippen molar-refractivity contribution in [3.05, 3.63) is 0 Å². The standard InChI is InChI=1S/C58H112O17P2/c1-6-9-12-15-18-20-22-27-32-37-42-56(61)69-48-54(75-58(63)44-39-34-29-24-26-30-35-40-51(4)5)50-73-77(66,67)71-46-52(59)45-70-76(64,65)72-49-53(47-68-55(60)41-36-31-25-17-14-11-8-3)74-57(62)43-38-33-28-23-21-19-16-13-10-7-2/h51-54,59H,6-50H2,1-5H3,(H,64,65)(H,66,67)/t52-,53+,54+/m0/s1. The summed E-state index contributed by atoms with van der Waals surface area (Å²) in [6.45, 7) is 7.03. The molecule has 0 spiro atoms. The number of aliphatic hydroxyl groups is 1. The minimum Gasteiger partial charge on any atom is -0.462 e. The molecule has 0 aliphatic rings. The first kappa shape index (κ1) is 75.1. The van der Waals surface area contributed by atoms with Crippen LogP contribution in [0.3, 0.4) is 0 Å². The molecule has 0 radical (unpaired) electrons. The number of hydrogen-bond acceptors (Lipinski definition) is 15. The number of carbonyl (C=O) groups excluding carboxylic acids is 4. The Morgan fingerprint density at radius 1 is 0.351 bits per heavy atom. The Morgan fingerprint density at radius 3 is 0.883 bits per heavy atom. The molecule has 0 amide bonds. The zero-order valence-electron chi connectivity index (χ0n) is 49.1. The van der Waals surface area contributed by atoms with Crippen LogP contribution in [0.1, 0.15) is 285 Å². The smallest absolute Gasteiger partial charge is 0.462 e. The Bertz CT molecular complexity index is 1520. The van der Waals surface area contributed by atoms with Gasteiger partial charge in [0.05, 0.1) is 26.4 Å². The number of phosphoric acid groups is 2. The van der Waals surface area contributed by atoms with E-state index in [2.05, 4.69) is 34.6 Å². The van der Waals surface area contributed by atoms with Crippen molar-refractivity contribution in [1.29, 1.82) is 0 Å². The molecule has 0 aromatic rings. The molecular weight excluding hydrogens is 1030 g/mol. The first-order valence-electron chi connectivity index (χ1n) is 30.6. The largest absolute Gasteiger partial charge is 0.472 e. The molecule has 0 aliphatic heterocycles. The highest BCUT2D eigenvalue weighted by Gasteiger charge is 2.30. The first-order valence-corrected chi connectivity index (χ1v) is 33.6. The van der Waals surface area contributed by atoms with Crippen LogP contribution in [-0.4, -0.2) is 96.7 Å². The van der Waals surface area contributed by atoms with Crippen LogP contribution in [0.2, 0.25) is 0 Å². The van der Waals surface area contributed by atoms with Crippen molar-refractivity contribution in [3.63, 3.8) is 0 Å². The highest BCUT2D eigenvalue weighted by Crippen LogP contribution is 2.45. The number of rotatable bonds is 58. The van der Waals surface area contributed by atoms with Gasteiger partial charge < -0.3 is 33.8 Å². The molecule has 0 heterocycles. The zero-order chi connectivity index (χ0) is 57.1. The Morgan fingerprint density at radius 2 is 0.597 bits per heavy atom. The monoisotopic (exact) mass is 1140 g/mol. The summed E-state index contributed by atoms with van der Waals surface area (Å²) in [6, 6.07) is 0. The average molecular weight is 1140 g/mol. The maximum atomic E-state index is 12.9. The Labute approximate surface area is 467 Å². The fourth-order valence-electron chi connectivity index (χ4n) is 8.52. The molecule has 77 heavy (non-hydrogen) atoms. The zero-order valence-corrected chi connectivity index (χ0v) is 50.9. The van der Waals surface area contributed by atoms with E-state index in [0.29, 0.717) is 31.6 Å². The summed E-state index contributed by atoms with van der Waals surface area (Å²) in [5.41, 5.74) is 0. The van der Waals surface area contributed by atoms with Crippen LogP contribution < -0.4 is 0 Å². The normalized spacial score (nSPS) is 14.4. The second kappa shape index (κ2) is 52.2. The lowest BCUT2D eigenvalue weighted by atomic mass is 10.0. The third-order valence-electron chi connectivity index (χ3n) is 13.3. The van der Waals surface area contributed by atoms with Gasteiger partial charge in [-0.05, 0) is 31.6 Å². The summed E-state index contributed by atoms with van der Waals surface area (Å²) in [6.07, 6.45) is 33.6. The topological polar surface area (TPSA) is 237 Å². The van der Waals surface area contributed by atoms with E-state index in [0.717, 1.165) is 103 Å². The number of hydrogen-bond donors (Lipinski definition) is 3. The Balaban J connectivity index is 5.21. The molecule has 0 aliphatic carbocycles. The van der Waals surface area contributed by atoms with Crippen LogP contribution in [0.4, 0.5) is 0 Å². The molecule has 17 nitrogen and oxygen atoms in total. The number of carbonyl (C=O) groups is 4. The van der Waals surface area contributed by atoms with Crippen LogP contribution in [0.15, 0.2) is 0 Å². The quantitative estimate of drug-likeness (QED) is 0.0222. The van der Waals surface area contributed by atoms with Gasteiger partial charge in [-0.15, -0.1) is 0 Å². The van der Waals surface area contributed by atoms with Crippen LogP contribution in [0, 0.1) is 5.92 Å². The van der Waals surface area contributed by atoms with E-state index < -0.39 is 97.5 Å². The Hall–Kier alpha value is -1.94. The van der Waals surface area contributed by atoms with Gasteiger partial charge in [-0.1, -0.05) is 234 Å². The first-order chi connectivity index (χ1) is 37.0. The highest BCUT2D eigenvalue weighted by atomic mass is 31.2. The SMILES string of the molecule is CCCCCCCCCCCCC(=O)OC[C@H](COP(=O)(O)OC[C@@H](O)COP(=O)(O)OC[C@@H](COC(=O)CCCCCCCCC)OC(=O)CCCCCCCCCCCC)OC(=O)CCCCCCCCCC(C)C. The second-order valence-corrected chi connectivity index (χ2v) is 24.4. The lowest BCUT2D eigenvalue weighted by molar-refractivity contribution is -0.161. The predicted molar refractivity (Wildman–Crippen MR) is 303 cm³/mol. The summed E-state index contributed by atoms with van der Waals surface area (Å²) in [7, 11) is -9.87. The van der Waals surface area contributed by atoms with Gasteiger partial charge in [-0.3, -0.25) is 37.3 Å². The van der Waals surface area contributed by atoms with E-state index in [1.54, 1.807) is 0 Å². The van der Waals surface area contributed by atoms with Crippen molar-refractivity contribution >= 4 is 39.5 Å². The van der Waals surface area contributed by atoms with Gasteiger partial charge in [-0.2, -0.15) is 0 Å². The lowest BCUT2D eigenvalue weighted by Crippen LogP contribution is -2.30. The van der Waals surface area contributed by atoms with Gasteiger partial charge in [0, 0.05) is 25.7 Å². The van der Waals surface area contributed by atoms with Crippen LogP contribution >= 0.6 is 15.6 Å². The molecule has 0 aromatic carbocycles. The summed E-state index contributed by atoms with van der Waals surface area (Å²) >= 11 is 0. The van der Waals surface area contributed by atoms with Crippen LogP contribution in [0.25, 0.3) is 0 Å². The molecule has 0 fully saturated rings. The van der Waals surface area contributed by atoms with Gasteiger partial charge in [0.25, 0.3) is 0 Å². The fourth-order valence-corrected chi connectivity index (χ4v) is 10.1. The molecule has 2 unspecified atom stereocenters. The summed E-state index contributed by atoms with van der Waals surface area (Å²) < 4.78 is 67.6. The van der Waals surface area contributed by atoms with Gasteiger partial charge in [0.15, 0.2) is 12.2 Å². The summed E-state index contributed by atoms with van der Waals surface area (Å²) in [5.74, 6) is -1.45. The third-order valence-corrected chi connectivity index (χ3v) is 15.2. The second-order valence-electron chi connectivity index (χ2n) is 21.5. The van der Waals surface area contributed by atoms with Crippen molar-refractivity contribution < 1.29 is 80.2 Å². The highest BCUT2D eigenvalue weighted by molar-refractivity contribution is 7.47. The van der Waals surface area contributed by atoms with E-state index in [9.17, 15) is 43.2 Å². The van der Waals surface area contributed by atoms with Gasteiger partial charge >= 0.3 is 39.5 Å². The number of ether oxygens (including phenoxy) is 4. The summed E-state index contributed by atoms with van der Waals surface area (Å²) in [4.78, 5) is 71.7. The fraction of sp³-hybridized carbons (Fsp3) is 0.931. The molecule has 456 valence electrons. The molecule has 5 atom stereocenters. The van der Waals surface area contributed by atoms with Crippen LogP contribution in [-0.2, 0) is 65.4 Å². The van der Waals surface area contributed by atoms with E-state index in [4.69, 9.17) is 37.0 Å². The molecule has 3 N–H and O–H groups in total. The molecule has 0 rings (SSSR count). The molecular formula is C58H112O17P2. The number of esters is 4. The predicted octanol–water partition coefficient (Wildman–Crippen LogP) is 15.5. The molecule has 0 saturated carbocycles. The van der Waals surface area contributed by atoms with Gasteiger partial charge in [0.1, 0.15) is 19.3 Å². The maximum Gasteiger partial charge on any atom is 0.472 e. The third kappa shape index (κ3) is 53.2. The number of phosphoric ester groups is 2. The molecule has 0 saturated heterocycles. The van der Waals surface area contributed by atoms with Crippen molar-refractivity contribution in [3.8, 4) is 0 Å². The van der Waals surface area contributed by atoms with Crippen LogP contribution in [0.5, 0.6) is 0 Å². The lowest BCUT2D eigenvalue weighted by Gasteiger charge is -2.21. The van der Waals surface area contributed by atoms with Crippen molar-refractivity contribution in [2.45, 2.75) is 303 Å². The minimum atomic E-state index is -4.93. The number of aliphatic hydroxyl groups excluding tert-OH is 1. The molecule has 0 aromatic heterocycles. The van der Waals surface area contributed by atoms with E-state index in [1.165, 1.54) is 96.3 Å². The van der Waals surface area contributed by atoms with Crippen molar-refractivity contribution in [2.75, 3.05) is 39.6 Å². The number of unbranched alkanes of at least 4 members (excludes halogenated alkanes) is 30. The van der Waals surface area contributed by atoms with Crippen molar-refractivity contribution in [2.24, 2.45) is 5.92 Å². The van der Waals surface area contributed by atoms with E-state index in [1.807, 2.05) is 0 Å². The minimum absolute atomic E-state index is 0.104. The molecule has 0 bridgehead atoms.